The Morgan fingerprint density at radius 3 is 1.10 bits per heavy atom. The molecule has 2 aromatic carbocycles. The number of nitrogens with one attached hydrogen (secondary N) is 3. The van der Waals surface area contributed by atoms with E-state index in [4.69, 9.17) is 0 Å². The zero-order valence-electron chi connectivity index (χ0n) is 64.2. The molecule has 600 valence electrons. The molecule has 0 spiro atoms. The summed E-state index contributed by atoms with van der Waals surface area (Å²) in [6.07, 6.45) is 56.8. The lowest BCUT2D eigenvalue weighted by Gasteiger charge is -1.99. The predicted molar refractivity (Wildman–Crippen MR) is 482 cm³/mol. The first-order valence-electron chi connectivity index (χ1n) is 35.3. The summed E-state index contributed by atoms with van der Waals surface area (Å²) in [4.78, 5) is 58.7. The number of hydrogen-bond donors (Lipinski definition) is 3. The summed E-state index contributed by atoms with van der Waals surface area (Å²) in [5.41, 5.74) is 2.03. The number of para-hydroxylation sites is 1. The molecular formula is C88H84N22O3S6. The van der Waals surface area contributed by atoms with Crippen LogP contribution in [0.5, 0.6) is 0 Å². The van der Waals surface area contributed by atoms with Gasteiger partial charge in [-0.3, -0.25) is 25.0 Å². The SMILES string of the molecule is Cc1ncccn1.c1cc2sccc2s1.c1cc[nH]c1.c1cc[nH]c1.c1ccc2nc3ccncc3cc2c1.c1ccc2sccc2c1.c1ccncc1.c1ccnnc1.c1ccoc1.c1ccoc1.c1ccsc1.c1ccsc1.c1cn[nH]c1.c1cnccn1.c1cncnc1.c1cncnc1.c1cnoc1.c1cnsc1.c1ncncn1. The molecule has 0 saturated heterocycles. The zero-order chi connectivity index (χ0) is 83.3. The van der Waals surface area contributed by atoms with Gasteiger partial charge in [-0.25, -0.2) is 54.2 Å². The molecule has 21 heterocycles. The number of fused-ring (bicyclic) bond motifs is 4. The van der Waals surface area contributed by atoms with Crippen molar-refractivity contribution >= 4 is 110 Å². The van der Waals surface area contributed by atoms with Crippen molar-refractivity contribution in [2.75, 3.05) is 0 Å². The fourth-order valence-electron chi connectivity index (χ4n) is 7.16. The Morgan fingerprint density at radius 2 is 0.782 bits per heavy atom. The lowest BCUT2D eigenvalue weighted by molar-refractivity contribution is 0.420. The molecule has 25 nitrogen and oxygen atoms in total. The van der Waals surface area contributed by atoms with Gasteiger partial charge in [-0.1, -0.05) is 71.9 Å². The lowest BCUT2D eigenvalue weighted by atomic mass is 10.1. The summed E-state index contributed by atoms with van der Waals surface area (Å²) in [6.45, 7) is 1.86. The quantitative estimate of drug-likeness (QED) is 0.119. The number of thiophene rings is 5. The van der Waals surface area contributed by atoms with E-state index in [9.17, 15) is 0 Å². The van der Waals surface area contributed by atoms with E-state index < -0.39 is 0 Å². The molecule has 0 radical (unpaired) electrons. The number of hydrogen-bond acceptors (Lipinski definition) is 28. The number of aromatic nitrogens is 22. The van der Waals surface area contributed by atoms with E-state index in [1.54, 1.807) is 224 Å². The molecule has 31 heteroatoms. The van der Waals surface area contributed by atoms with E-state index >= 15 is 0 Å². The fraction of sp³-hybridized carbons (Fsp3) is 0.0114. The predicted octanol–water partition coefficient (Wildman–Crippen LogP) is 22.6. The minimum absolute atomic E-state index is 0.822. The van der Waals surface area contributed by atoms with Crippen molar-refractivity contribution in [1.82, 2.24) is 110 Å². The van der Waals surface area contributed by atoms with Crippen LogP contribution in [0.4, 0.5) is 0 Å². The molecule has 0 aliphatic heterocycles. The van der Waals surface area contributed by atoms with E-state index in [0.29, 0.717) is 0 Å². The van der Waals surface area contributed by atoms with Gasteiger partial charge in [-0.2, -0.15) is 38.0 Å². The van der Waals surface area contributed by atoms with Crippen molar-refractivity contribution in [2.45, 2.75) is 6.92 Å². The Bertz CT molecular complexity index is 4430. The van der Waals surface area contributed by atoms with Crippen LogP contribution in [0.25, 0.3) is 41.3 Å². The van der Waals surface area contributed by atoms with Gasteiger partial charge in [0.15, 0.2) is 0 Å². The number of nitrogens with zero attached hydrogens (tertiary/aromatic N) is 19. The monoisotopic (exact) mass is 1690 g/mol. The maximum Gasteiger partial charge on any atom is 0.125 e. The zero-order valence-corrected chi connectivity index (χ0v) is 69.1. The average Bonchev–Trinajstić information content (AvgIpc) is 1.74. The van der Waals surface area contributed by atoms with Crippen LogP contribution in [-0.2, 0) is 0 Å². The van der Waals surface area contributed by atoms with E-state index in [1.807, 2.05) is 204 Å². The Hall–Kier alpha value is -15.0. The van der Waals surface area contributed by atoms with Gasteiger partial charge in [0.2, 0.25) is 0 Å². The van der Waals surface area contributed by atoms with E-state index in [2.05, 4.69) is 194 Å². The normalized spacial score (nSPS) is 8.71. The second kappa shape index (κ2) is 73.2. The van der Waals surface area contributed by atoms with Gasteiger partial charge in [0, 0.05) is 173 Å². The summed E-state index contributed by atoms with van der Waals surface area (Å²) in [5, 5.41) is 36.7. The molecule has 23 aromatic rings. The van der Waals surface area contributed by atoms with Crippen LogP contribution in [0.1, 0.15) is 5.82 Å². The third-order valence-electron chi connectivity index (χ3n) is 12.1. The van der Waals surface area contributed by atoms with Crippen LogP contribution < -0.4 is 0 Å². The largest absolute Gasteiger partial charge is 0.473 e. The summed E-state index contributed by atoms with van der Waals surface area (Å²) in [7, 11) is 0. The third kappa shape index (κ3) is 56.0. The maximum atomic E-state index is 4.58. The topological polar surface area (TPSA) is 332 Å². The molecular weight excluding hydrogens is 1610 g/mol. The smallest absolute Gasteiger partial charge is 0.125 e. The highest BCUT2D eigenvalue weighted by atomic mass is 32.1. The van der Waals surface area contributed by atoms with E-state index in [0.717, 1.165) is 27.6 Å². The Kier molecular flexibility index (Phi) is 58.2. The van der Waals surface area contributed by atoms with Crippen LogP contribution in [0.2, 0.25) is 0 Å². The van der Waals surface area contributed by atoms with Crippen molar-refractivity contribution in [1.29, 1.82) is 0 Å². The van der Waals surface area contributed by atoms with Crippen LogP contribution in [-0.4, -0.2) is 110 Å². The van der Waals surface area contributed by atoms with Crippen molar-refractivity contribution in [3.63, 3.8) is 0 Å². The van der Waals surface area contributed by atoms with Crippen LogP contribution in [0.3, 0.4) is 0 Å². The van der Waals surface area contributed by atoms with Gasteiger partial charge in [-0.05, 0) is 213 Å². The highest BCUT2D eigenvalue weighted by molar-refractivity contribution is 7.25. The summed E-state index contributed by atoms with van der Waals surface area (Å²) in [6, 6.07) is 70.4. The van der Waals surface area contributed by atoms with Crippen molar-refractivity contribution in [3.05, 3.63) is 479 Å². The molecule has 3 N–H and O–H groups in total. The Morgan fingerprint density at radius 1 is 0.294 bits per heavy atom. The molecule has 0 aliphatic rings. The highest BCUT2D eigenvalue weighted by Gasteiger charge is 1.98. The van der Waals surface area contributed by atoms with Crippen LogP contribution in [0, 0.1) is 6.92 Å². The van der Waals surface area contributed by atoms with Crippen LogP contribution in [0.15, 0.2) is 486 Å². The number of H-pyrrole nitrogens is 3. The van der Waals surface area contributed by atoms with Gasteiger partial charge >= 0.3 is 0 Å². The first-order valence-corrected chi connectivity index (χ1v) is 40.7. The fourth-order valence-corrected chi connectivity index (χ4v) is 11.0. The maximum absolute atomic E-state index is 4.58. The van der Waals surface area contributed by atoms with Crippen LogP contribution >= 0.6 is 68.2 Å². The van der Waals surface area contributed by atoms with Crippen molar-refractivity contribution in [3.8, 4) is 0 Å². The highest BCUT2D eigenvalue weighted by Crippen LogP contribution is 2.25. The molecule has 0 atom stereocenters. The van der Waals surface area contributed by atoms with Gasteiger partial charge in [0.05, 0.1) is 42.3 Å². The molecule has 0 saturated carbocycles. The molecule has 0 amide bonds. The van der Waals surface area contributed by atoms with Gasteiger partial charge in [-0.15, -0.1) is 34.0 Å². The molecule has 0 fully saturated rings. The first-order chi connectivity index (χ1) is 59.3. The molecule has 0 bridgehead atoms. The van der Waals surface area contributed by atoms with Gasteiger partial charge in [0.1, 0.15) is 43.7 Å². The number of aromatic amines is 3. The Labute approximate surface area is 713 Å². The summed E-state index contributed by atoms with van der Waals surface area (Å²) < 4.78 is 21.5. The summed E-state index contributed by atoms with van der Waals surface area (Å²) in [5.74, 6) is 0.822. The summed E-state index contributed by atoms with van der Waals surface area (Å²) >= 11 is 10.3. The average molecular weight is 1690 g/mol. The van der Waals surface area contributed by atoms with E-state index in [1.165, 1.54) is 68.9 Å². The number of furan rings is 2. The second-order valence-corrected chi connectivity index (χ2v) is 25.8. The van der Waals surface area contributed by atoms with Gasteiger partial charge in [0.25, 0.3) is 0 Å². The number of pyridine rings is 3. The van der Waals surface area contributed by atoms with E-state index in [-0.39, 0.29) is 0 Å². The third-order valence-corrected chi connectivity index (χ3v) is 16.7. The molecule has 21 aromatic heterocycles. The number of rotatable bonds is 0. The lowest BCUT2D eigenvalue weighted by Crippen LogP contribution is -1.82. The van der Waals surface area contributed by atoms with Gasteiger partial charge < -0.3 is 23.3 Å². The number of aryl methyl sites for hydroxylation is 1. The molecule has 0 unspecified atom stereocenters. The standard InChI is InChI=1S/C12H8N2.C8H6S.C6H4S2.C5H6N2.C5H5N.4C4H4N2.2C4H5N.2C4H4O.2C4H4S.C3H3N3.C3H4N2.C3H3NO.C3H3NS/c1-2-4-11-9(3-1)7-10-8-13-6-5-12(10)14-11;1-2-4-8-7(3-1)5-6-9-8;1-3-7-6-2-4-8-5(1)6;1-5-6-3-2-4-7-5;1-2-4-6-5-3-1;1-2-6-4-3-5-1;2*1-2-5-4-6-3-1;1-2-4-6-5-3-1;6*1-2-4-5-3-1;1-4-2-6-3-5-1;3*1-2-4-5-3-1/h1-8H;1-6H;1-4H;2-4H,1H3;1-5H;4*1-4H;2*1-5H;4*1-4H;1-3H;1-3H,(H,4,5);2*1-3H. The molecule has 0 aliphatic carbocycles. The Balaban J connectivity index is 0.000000226. The number of benzene rings is 2. The molecule has 119 heavy (non-hydrogen) atoms. The minimum atomic E-state index is 0.822. The second-order valence-electron chi connectivity index (χ2n) is 20.6. The van der Waals surface area contributed by atoms with Crippen molar-refractivity contribution in [2.24, 2.45) is 0 Å². The first kappa shape index (κ1) is 94.6. The molecule has 23 rings (SSSR count). The van der Waals surface area contributed by atoms with Crippen molar-refractivity contribution < 1.29 is 13.4 Å². The minimum Gasteiger partial charge on any atom is -0.473 e.